The van der Waals surface area contributed by atoms with Crippen LogP contribution in [0, 0.1) is 11.3 Å². The van der Waals surface area contributed by atoms with Gasteiger partial charge in [-0.2, -0.15) is 5.26 Å². The lowest BCUT2D eigenvalue weighted by Gasteiger charge is -2.06. The fourth-order valence-corrected chi connectivity index (χ4v) is 1.51. The van der Waals surface area contributed by atoms with Gasteiger partial charge in [0.15, 0.2) is 0 Å². The molecule has 5 heteroatoms. The van der Waals surface area contributed by atoms with E-state index in [1.807, 2.05) is 6.07 Å². The number of allylic oxidation sites excluding steroid dienone is 1. The van der Waals surface area contributed by atoms with Gasteiger partial charge in [-0.3, -0.25) is 4.79 Å². The van der Waals surface area contributed by atoms with Crippen LogP contribution in [-0.2, 0) is 14.3 Å². The molecule has 0 radical (unpaired) electrons. The van der Waals surface area contributed by atoms with E-state index < -0.39 is 5.97 Å². The molecule has 0 atom stereocenters. The van der Waals surface area contributed by atoms with Crippen LogP contribution in [0.25, 0.3) is 5.57 Å². The Labute approximate surface area is 111 Å². The third kappa shape index (κ3) is 3.68. The highest BCUT2D eigenvalue weighted by Crippen LogP contribution is 2.20. The van der Waals surface area contributed by atoms with Crippen LogP contribution in [0.3, 0.4) is 0 Å². The molecule has 0 heterocycles. The van der Waals surface area contributed by atoms with Crippen LogP contribution in [0.4, 0.5) is 5.69 Å². The largest absolute Gasteiger partial charge is 0.462 e. The molecule has 5 nitrogen and oxygen atoms in total. The molecule has 1 amide bonds. The number of nitrogens with zero attached hydrogens (tertiary/aromatic N) is 1. The van der Waals surface area contributed by atoms with Gasteiger partial charge in [0, 0.05) is 5.69 Å². The number of anilines is 1. The van der Waals surface area contributed by atoms with Crippen LogP contribution in [0.1, 0.15) is 19.4 Å². The zero-order valence-electron chi connectivity index (χ0n) is 10.8. The molecule has 0 fully saturated rings. The lowest BCUT2D eigenvalue weighted by atomic mass is 10.0. The van der Waals surface area contributed by atoms with E-state index in [4.69, 9.17) is 10.00 Å². The van der Waals surface area contributed by atoms with E-state index in [-0.39, 0.29) is 12.2 Å². The van der Waals surface area contributed by atoms with Crippen molar-refractivity contribution >= 4 is 23.6 Å². The Balaban J connectivity index is 3.08. The molecule has 0 saturated carbocycles. The first-order valence-corrected chi connectivity index (χ1v) is 5.72. The summed E-state index contributed by atoms with van der Waals surface area (Å²) in [7, 11) is 0. The average Bonchev–Trinajstić information content (AvgIpc) is 2.41. The van der Waals surface area contributed by atoms with Crippen molar-refractivity contribution in [1.29, 1.82) is 5.26 Å². The minimum Gasteiger partial charge on any atom is -0.462 e. The number of rotatable bonds is 5. The number of esters is 1. The van der Waals surface area contributed by atoms with Crippen molar-refractivity contribution in [1.82, 2.24) is 0 Å². The van der Waals surface area contributed by atoms with Crippen LogP contribution in [0.15, 0.2) is 29.8 Å². The van der Waals surface area contributed by atoms with E-state index in [9.17, 15) is 9.59 Å². The van der Waals surface area contributed by atoms with Crippen molar-refractivity contribution in [3.05, 3.63) is 35.4 Å². The highest BCUT2D eigenvalue weighted by atomic mass is 16.5. The number of hydrogen-bond acceptors (Lipinski definition) is 4. The molecule has 98 valence electrons. The minimum atomic E-state index is -0.627. The van der Waals surface area contributed by atoms with Gasteiger partial charge < -0.3 is 10.1 Å². The van der Waals surface area contributed by atoms with Crippen molar-refractivity contribution in [2.45, 2.75) is 13.8 Å². The van der Waals surface area contributed by atoms with Crippen molar-refractivity contribution in [2.75, 3.05) is 11.9 Å². The maximum absolute atomic E-state index is 11.6. The Morgan fingerprint density at radius 1 is 1.42 bits per heavy atom. The third-order valence-electron chi connectivity index (χ3n) is 2.51. The smallest absolute Gasteiger partial charge is 0.349 e. The highest BCUT2D eigenvalue weighted by molar-refractivity contribution is 6.01. The van der Waals surface area contributed by atoms with Gasteiger partial charge in [-0.1, -0.05) is 12.1 Å². The van der Waals surface area contributed by atoms with E-state index in [2.05, 4.69) is 5.32 Å². The summed E-state index contributed by atoms with van der Waals surface area (Å²) in [6, 6.07) is 8.67. The van der Waals surface area contributed by atoms with Crippen LogP contribution in [0.2, 0.25) is 0 Å². The number of nitriles is 1. The maximum Gasteiger partial charge on any atom is 0.349 e. The Bertz CT molecular complexity index is 539. The standard InChI is InChI=1S/C14H14N2O3/c1-3-19-14(18)13(8-15)10(2)11-4-6-12(7-5-11)16-9-17/h4-7,9H,3H2,1-2H3,(H,16,17). The summed E-state index contributed by atoms with van der Waals surface area (Å²) >= 11 is 0. The molecule has 0 aliphatic heterocycles. The van der Waals surface area contributed by atoms with E-state index in [0.29, 0.717) is 17.7 Å². The van der Waals surface area contributed by atoms with Crippen molar-refractivity contribution < 1.29 is 14.3 Å². The van der Waals surface area contributed by atoms with Gasteiger partial charge in [-0.15, -0.1) is 0 Å². The molecular weight excluding hydrogens is 244 g/mol. The molecular formula is C14H14N2O3. The van der Waals surface area contributed by atoms with Crippen molar-refractivity contribution in [3.8, 4) is 6.07 Å². The molecule has 0 aromatic heterocycles. The fraction of sp³-hybridized carbons (Fsp3) is 0.214. The molecule has 0 saturated heterocycles. The molecule has 0 unspecified atom stereocenters. The molecule has 1 rings (SSSR count). The number of carbonyl (C=O) groups is 2. The lowest BCUT2D eigenvalue weighted by molar-refractivity contribution is -0.137. The first kappa shape index (κ1) is 14.5. The molecule has 1 aromatic rings. The van der Waals surface area contributed by atoms with Gasteiger partial charge in [0.25, 0.3) is 0 Å². The fourth-order valence-electron chi connectivity index (χ4n) is 1.51. The summed E-state index contributed by atoms with van der Waals surface area (Å²) in [5.41, 5.74) is 1.89. The van der Waals surface area contributed by atoms with E-state index in [1.54, 1.807) is 38.1 Å². The van der Waals surface area contributed by atoms with Crippen LogP contribution >= 0.6 is 0 Å². The summed E-state index contributed by atoms with van der Waals surface area (Å²) in [6.45, 7) is 3.58. The van der Waals surface area contributed by atoms with Gasteiger partial charge in [-0.05, 0) is 37.1 Å². The number of nitrogens with one attached hydrogen (secondary N) is 1. The first-order chi connectivity index (χ1) is 9.13. The van der Waals surface area contributed by atoms with Gasteiger partial charge in [0.2, 0.25) is 6.41 Å². The van der Waals surface area contributed by atoms with Gasteiger partial charge >= 0.3 is 5.97 Å². The average molecular weight is 258 g/mol. The number of carbonyl (C=O) groups excluding carboxylic acids is 2. The normalized spacial score (nSPS) is 11.0. The molecule has 19 heavy (non-hydrogen) atoms. The minimum absolute atomic E-state index is 0.0158. The summed E-state index contributed by atoms with van der Waals surface area (Å²) in [5.74, 6) is -0.627. The highest BCUT2D eigenvalue weighted by Gasteiger charge is 2.14. The predicted molar refractivity (Wildman–Crippen MR) is 71.0 cm³/mol. The number of amides is 1. The van der Waals surface area contributed by atoms with E-state index >= 15 is 0 Å². The monoisotopic (exact) mass is 258 g/mol. The molecule has 0 aliphatic rings. The van der Waals surface area contributed by atoms with E-state index in [0.717, 1.165) is 5.56 Å². The summed E-state index contributed by atoms with van der Waals surface area (Å²) in [6.07, 6.45) is 0.580. The van der Waals surface area contributed by atoms with Crippen LogP contribution < -0.4 is 5.32 Å². The zero-order chi connectivity index (χ0) is 14.3. The van der Waals surface area contributed by atoms with Crippen molar-refractivity contribution in [2.24, 2.45) is 0 Å². The van der Waals surface area contributed by atoms with Crippen LogP contribution in [0.5, 0.6) is 0 Å². The van der Waals surface area contributed by atoms with E-state index in [1.165, 1.54) is 0 Å². The second kappa shape index (κ2) is 6.97. The number of benzene rings is 1. The number of hydrogen-bond donors (Lipinski definition) is 1. The van der Waals surface area contributed by atoms with Gasteiger partial charge in [0.05, 0.1) is 6.61 Å². The number of ether oxygens (including phenoxy) is 1. The Morgan fingerprint density at radius 2 is 2.05 bits per heavy atom. The molecule has 1 N–H and O–H groups in total. The van der Waals surface area contributed by atoms with Crippen molar-refractivity contribution in [3.63, 3.8) is 0 Å². The molecule has 1 aromatic carbocycles. The van der Waals surface area contributed by atoms with Gasteiger partial charge in [0.1, 0.15) is 11.6 Å². The molecule has 0 bridgehead atoms. The lowest BCUT2D eigenvalue weighted by Crippen LogP contribution is -2.08. The van der Waals surface area contributed by atoms with Crippen LogP contribution in [-0.4, -0.2) is 19.0 Å². The topological polar surface area (TPSA) is 79.2 Å². The summed E-state index contributed by atoms with van der Waals surface area (Å²) in [4.78, 5) is 21.9. The molecule has 0 spiro atoms. The zero-order valence-corrected chi connectivity index (χ0v) is 10.8. The quantitative estimate of drug-likeness (QED) is 0.379. The maximum atomic E-state index is 11.6. The first-order valence-electron chi connectivity index (χ1n) is 5.72. The van der Waals surface area contributed by atoms with Gasteiger partial charge in [-0.25, -0.2) is 4.79 Å². The SMILES string of the molecule is CCOC(=O)C(C#N)=C(C)c1ccc(NC=O)cc1. The summed E-state index contributed by atoms with van der Waals surface area (Å²) in [5, 5.41) is 11.5. The third-order valence-corrected chi connectivity index (χ3v) is 2.51. The predicted octanol–water partition coefficient (Wildman–Crippen LogP) is 2.12. The second-order valence-corrected chi connectivity index (χ2v) is 3.67. The Kier molecular flexibility index (Phi) is 5.30. The molecule has 0 aliphatic carbocycles. The Morgan fingerprint density at radius 3 is 2.53 bits per heavy atom. The second-order valence-electron chi connectivity index (χ2n) is 3.67. The Hall–Kier alpha value is -2.61. The summed E-state index contributed by atoms with van der Waals surface area (Å²) < 4.78 is 4.82.